The van der Waals surface area contributed by atoms with E-state index in [-0.39, 0.29) is 18.4 Å². The van der Waals surface area contributed by atoms with E-state index in [1.165, 1.54) is 9.80 Å². The van der Waals surface area contributed by atoms with E-state index in [1.54, 1.807) is 38.2 Å². The number of ether oxygens (including phenoxy) is 1. The smallest absolute Gasteiger partial charge is 0.332 e. The molecule has 1 fully saturated rings. The van der Waals surface area contributed by atoms with Crippen molar-refractivity contribution >= 4 is 39.5 Å². The monoisotopic (exact) mass is 459 g/mol. The summed E-state index contributed by atoms with van der Waals surface area (Å²) in [6.45, 7) is 2.01. The third kappa shape index (κ3) is 4.76. The maximum absolute atomic E-state index is 12.7. The van der Waals surface area contributed by atoms with Gasteiger partial charge in [0.25, 0.3) is 5.91 Å². The average Bonchev–Trinajstić information content (AvgIpc) is 2.93. The first-order valence-electron chi connectivity index (χ1n) is 9.20. The first kappa shape index (κ1) is 20.9. The van der Waals surface area contributed by atoms with Crippen LogP contribution in [-0.2, 0) is 9.59 Å². The van der Waals surface area contributed by atoms with Gasteiger partial charge in [-0.3, -0.25) is 19.4 Å². The fraction of sp³-hybridized carbons (Fsp3) is 0.286. The predicted octanol–water partition coefficient (Wildman–Crippen LogP) is 3.14. The molecule has 7 nitrogen and oxygen atoms in total. The Hall–Kier alpha value is -2.87. The second kappa shape index (κ2) is 9.09. The van der Waals surface area contributed by atoms with Gasteiger partial charge in [-0.2, -0.15) is 0 Å². The Balaban J connectivity index is 1.55. The molecule has 1 heterocycles. The van der Waals surface area contributed by atoms with E-state index < -0.39 is 12.1 Å². The second-order valence-corrected chi connectivity index (χ2v) is 7.62. The zero-order valence-electron chi connectivity index (χ0n) is 16.2. The molecule has 1 unspecified atom stereocenters. The van der Waals surface area contributed by atoms with Crippen molar-refractivity contribution in [3.05, 3.63) is 59.1 Å². The normalized spacial score (nSPS) is 16.3. The zero-order valence-corrected chi connectivity index (χ0v) is 17.8. The maximum Gasteiger partial charge on any atom is 0.332 e. The van der Waals surface area contributed by atoms with Gasteiger partial charge in [0.15, 0.2) is 0 Å². The fourth-order valence-electron chi connectivity index (χ4n) is 3.01. The molecule has 1 saturated heterocycles. The number of para-hydroxylation sites is 1. The minimum Gasteiger partial charge on any atom is -0.492 e. The van der Waals surface area contributed by atoms with Crippen LogP contribution >= 0.6 is 15.9 Å². The van der Waals surface area contributed by atoms with Gasteiger partial charge in [0, 0.05) is 17.2 Å². The van der Waals surface area contributed by atoms with Crippen LogP contribution in [0.5, 0.6) is 5.75 Å². The highest BCUT2D eigenvalue weighted by Gasteiger charge is 2.44. The quantitative estimate of drug-likeness (QED) is 0.596. The van der Waals surface area contributed by atoms with Crippen LogP contribution in [0.1, 0.15) is 6.92 Å². The lowest BCUT2D eigenvalue weighted by Crippen LogP contribution is -2.43. The lowest BCUT2D eigenvalue weighted by atomic mass is 10.2. The molecule has 0 aromatic heterocycles. The number of imide groups is 1. The molecule has 0 bridgehead atoms. The highest BCUT2D eigenvalue weighted by Crippen LogP contribution is 2.25. The molecule has 152 valence electrons. The summed E-state index contributed by atoms with van der Waals surface area (Å²) in [7, 11) is 1.62. The van der Waals surface area contributed by atoms with Gasteiger partial charge in [0.1, 0.15) is 24.9 Å². The number of rotatable bonds is 7. The molecule has 1 atom stereocenters. The Morgan fingerprint density at radius 2 is 1.76 bits per heavy atom. The molecule has 0 radical (unpaired) electrons. The molecule has 2 aromatic carbocycles. The molecule has 8 heteroatoms. The van der Waals surface area contributed by atoms with Crippen molar-refractivity contribution in [2.75, 3.05) is 31.6 Å². The van der Waals surface area contributed by atoms with Gasteiger partial charge in [0.05, 0.1) is 6.54 Å². The fourth-order valence-corrected chi connectivity index (χ4v) is 3.27. The van der Waals surface area contributed by atoms with Gasteiger partial charge >= 0.3 is 6.03 Å². The summed E-state index contributed by atoms with van der Waals surface area (Å²) in [4.78, 5) is 41.7. The van der Waals surface area contributed by atoms with Crippen molar-refractivity contribution in [2.45, 2.75) is 13.0 Å². The molecule has 1 aliphatic heterocycles. The molecule has 0 N–H and O–H groups in total. The lowest BCUT2D eigenvalue weighted by Gasteiger charge is -2.21. The molecular weight excluding hydrogens is 438 g/mol. The number of benzene rings is 2. The van der Waals surface area contributed by atoms with Gasteiger partial charge in [0.2, 0.25) is 5.91 Å². The average molecular weight is 460 g/mol. The molecule has 1 aliphatic rings. The summed E-state index contributed by atoms with van der Waals surface area (Å²) < 4.78 is 6.57. The van der Waals surface area contributed by atoms with E-state index in [4.69, 9.17) is 4.74 Å². The number of amides is 4. The highest BCUT2D eigenvalue weighted by atomic mass is 79.9. The van der Waals surface area contributed by atoms with E-state index in [2.05, 4.69) is 15.9 Å². The molecule has 29 heavy (non-hydrogen) atoms. The summed E-state index contributed by atoms with van der Waals surface area (Å²) >= 11 is 3.36. The van der Waals surface area contributed by atoms with E-state index in [0.717, 1.165) is 9.37 Å². The third-order valence-corrected chi connectivity index (χ3v) is 5.24. The standard InChI is InChI=1S/C21H22BrN3O4/c1-15-20(27)24(21(28)25(15)17-6-4-3-5-7-17)14-19(26)23(2)12-13-29-18-10-8-16(22)9-11-18/h3-11,15H,12-14H2,1-2H3. The van der Waals surface area contributed by atoms with Gasteiger partial charge in [-0.05, 0) is 43.3 Å². The Morgan fingerprint density at radius 3 is 2.41 bits per heavy atom. The number of carbonyl (C=O) groups excluding carboxylic acids is 3. The number of hydrogen-bond donors (Lipinski definition) is 0. The van der Waals surface area contributed by atoms with Crippen molar-refractivity contribution in [3.8, 4) is 5.75 Å². The summed E-state index contributed by atoms with van der Waals surface area (Å²) in [6, 6.07) is 15.2. The molecule has 3 rings (SSSR count). The number of hydrogen-bond acceptors (Lipinski definition) is 4. The van der Waals surface area contributed by atoms with Crippen LogP contribution in [0.3, 0.4) is 0 Å². The molecular formula is C21H22BrN3O4. The Kier molecular flexibility index (Phi) is 6.53. The van der Waals surface area contributed by atoms with Crippen LogP contribution in [0, 0.1) is 0 Å². The number of anilines is 1. The van der Waals surface area contributed by atoms with Crippen LogP contribution in [0.4, 0.5) is 10.5 Å². The molecule has 0 aliphatic carbocycles. The first-order chi connectivity index (χ1) is 13.9. The topological polar surface area (TPSA) is 70.2 Å². The van der Waals surface area contributed by atoms with Crippen LogP contribution in [0.2, 0.25) is 0 Å². The van der Waals surface area contributed by atoms with Crippen LogP contribution < -0.4 is 9.64 Å². The summed E-state index contributed by atoms with van der Waals surface area (Å²) in [5.41, 5.74) is 0.629. The number of urea groups is 1. The van der Waals surface area contributed by atoms with Gasteiger partial charge in [-0.25, -0.2) is 4.79 Å². The third-order valence-electron chi connectivity index (χ3n) is 4.71. The van der Waals surface area contributed by atoms with Crippen molar-refractivity contribution < 1.29 is 19.1 Å². The maximum atomic E-state index is 12.7. The second-order valence-electron chi connectivity index (χ2n) is 6.71. The number of halogens is 1. The minimum absolute atomic E-state index is 0.292. The van der Waals surface area contributed by atoms with Gasteiger partial charge < -0.3 is 9.64 Å². The SMILES string of the molecule is CC1C(=O)N(CC(=O)N(C)CCOc2ccc(Br)cc2)C(=O)N1c1ccccc1. The minimum atomic E-state index is -0.649. The number of likely N-dealkylation sites (N-methyl/N-ethyl adjacent to an activating group) is 1. The molecule has 4 amide bonds. The molecule has 2 aromatic rings. The van der Waals surface area contributed by atoms with E-state index in [9.17, 15) is 14.4 Å². The lowest BCUT2D eigenvalue weighted by molar-refractivity contribution is -0.136. The van der Waals surface area contributed by atoms with E-state index in [1.807, 2.05) is 30.3 Å². The zero-order chi connectivity index (χ0) is 21.0. The summed E-state index contributed by atoms with van der Waals surface area (Å²) in [5, 5.41) is 0. The Labute approximate surface area is 178 Å². The largest absolute Gasteiger partial charge is 0.492 e. The summed E-state index contributed by atoms with van der Waals surface area (Å²) in [5.74, 6) is -0.00814. The molecule has 0 spiro atoms. The molecule has 0 saturated carbocycles. The van der Waals surface area contributed by atoms with Gasteiger partial charge in [-0.15, -0.1) is 0 Å². The Bertz CT molecular complexity index is 889. The van der Waals surface area contributed by atoms with Crippen molar-refractivity contribution in [1.82, 2.24) is 9.80 Å². The van der Waals surface area contributed by atoms with Gasteiger partial charge in [-0.1, -0.05) is 34.1 Å². The predicted molar refractivity (Wildman–Crippen MR) is 113 cm³/mol. The van der Waals surface area contributed by atoms with E-state index >= 15 is 0 Å². The van der Waals surface area contributed by atoms with Crippen molar-refractivity contribution in [3.63, 3.8) is 0 Å². The van der Waals surface area contributed by atoms with E-state index in [0.29, 0.717) is 24.6 Å². The first-order valence-corrected chi connectivity index (χ1v) is 9.99. The summed E-state index contributed by atoms with van der Waals surface area (Å²) in [6.07, 6.45) is 0. The number of nitrogens with zero attached hydrogens (tertiary/aromatic N) is 3. The van der Waals surface area contributed by atoms with Crippen molar-refractivity contribution in [1.29, 1.82) is 0 Å². The Morgan fingerprint density at radius 1 is 1.10 bits per heavy atom. The van der Waals surface area contributed by atoms with Crippen LogP contribution in [-0.4, -0.2) is 60.4 Å². The van der Waals surface area contributed by atoms with Crippen LogP contribution in [0.25, 0.3) is 0 Å². The van der Waals surface area contributed by atoms with Crippen molar-refractivity contribution in [2.24, 2.45) is 0 Å². The number of carbonyl (C=O) groups is 3. The van der Waals surface area contributed by atoms with Crippen LogP contribution in [0.15, 0.2) is 59.1 Å². The highest BCUT2D eigenvalue weighted by molar-refractivity contribution is 9.10.